The van der Waals surface area contributed by atoms with Gasteiger partial charge in [0.05, 0.1) is 23.3 Å². The van der Waals surface area contributed by atoms with E-state index in [0.717, 1.165) is 42.7 Å². The highest BCUT2D eigenvalue weighted by molar-refractivity contribution is 5.94. The maximum Gasteiger partial charge on any atom is 0.407 e. The van der Waals surface area contributed by atoms with Crippen LogP contribution in [0.2, 0.25) is 0 Å². The normalized spacial score (nSPS) is 18.8. The quantitative estimate of drug-likeness (QED) is 0.414. The number of aromatic nitrogens is 3. The smallest absolute Gasteiger partial charge is 0.407 e. The van der Waals surface area contributed by atoms with Crippen LogP contribution in [0.25, 0.3) is 5.69 Å². The predicted octanol–water partition coefficient (Wildman–Crippen LogP) is 3.28. The maximum atomic E-state index is 14.1. The molecule has 4 rings (SSSR count). The topological polar surface area (TPSA) is 138 Å². The molecule has 1 fully saturated rings. The van der Waals surface area contributed by atoms with E-state index in [1.807, 2.05) is 19.9 Å². The van der Waals surface area contributed by atoms with Crippen molar-refractivity contribution in [2.45, 2.75) is 64.8 Å². The van der Waals surface area contributed by atoms with Crippen LogP contribution >= 0.6 is 0 Å². The molecule has 0 unspecified atom stereocenters. The number of carbonyl (C=O) groups is 3. The number of carboxylic acids is 1. The molecular formula is C28H39N5O6. The summed E-state index contributed by atoms with van der Waals surface area (Å²) >= 11 is 0. The van der Waals surface area contributed by atoms with Crippen molar-refractivity contribution in [3.8, 4) is 5.69 Å². The van der Waals surface area contributed by atoms with Crippen molar-refractivity contribution in [1.29, 1.82) is 0 Å². The fourth-order valence-electron chi connectivity index (χ4n) is 5.69. The number of fused-ring (bicyclic) bond motifs is 1. The van der Waals surface area contributed by atoms with Crippen molar-refractivity contribution >= 4 is 18.0 Å². The summed E-state index contributed by atoms with van der Waals surface area (Å²) in [4.78, 5) is 40.5. The molecule has 1 saturated heterocycles. The number of benzene rings is 1. The Bertz CT molecular complexity index is 1170. The number of hydrogen-bond donors (Lipinski definition) is 2. The molecule has 1 aromatic carbocycles. The Kier molecular flexibility index (Phi) is 9.21. The molecule has 2 amide bonds. The number of aliphatic carboxylic acids is 1. The van der Waals surface area contributed by atoms with Gasteiger partial charge in [-0.25, -0.2) is 9.48 Å². The number of carboxylic acid groups (broad SMARTS) is 2. The second-order valence-corrected chi connectivity index (χ2v) is 11.0. The van der Waals surface area contributed by atoms with E-state index in [1.165, 1.54) is 11.1 Å². The summed E-state index contributed by atoms with van der Waals surface area (Å²) in [5.74, 6) is -2.23. The summed E-state index contributed by atoms with van der Waals surface area (Å²) in [5, 5.41) is 28.1. The van der Waals surface area contributed by atoms with Gasteiger partial charge in [0.25, 0.3) is 5.91 Å². The zero-order valence-corrected chi connectivity index (χ0v) is 23.0. The lowest BCUT2D eigenvalue weighted by Gasteiger charge is -2.41. The largest absolute Gasteiger partial charge is 0.481 e. The van der Waals surface area contributed by atoms with Gasteiger partial charge in [0.2, 0.25) is 0 Å². The second kappa shape index (κ2) is 12.6. The minimum Gasteiger partial charge on any atom is -0.481 e. The Labute approximate surface area is 228 Å². The monoisotopic (exact) mass is 541 g/mol. The SMILES string of the molecule is COCCCCc1c(C(=O)N(CC(C)C)[C@H]2C[C@@H](C(=O)O)CN(C(=O)O)C2)nnn1-c1ccc2c(c1)CCC2. The predicted molar refractivity (Wildman–Crippen MR) is 143 cm³/mol. The van der Waals surface area contributed by atoms with E-state index in [2.05, 4.69) is 22.4 Å². The van der Waals surface area contributed by atoms with Gasteiger partial charge in [-0.3, -0.25) is 9.59 Å². The van der Waals surface area contributed by atoms with E-state index >= 15 is 0 Å². The van der Waals surface area contributed by atoms with Crippen molar-refractivity contribution < 1.29 is 29.3 Å². The van der Waals surface area contributed by atoms with Crippen LogP contribution in [0.4, 0.5) is 4.79 Å². The number of likely N-dealkylation sites (tertiary alicyclic amines) is 1. The van der Waals surface area contributed by atoms with Gasteiger partial charge < -0.3 is 24.7 Å². The standard InChI is InChI=1S/C28H39N5O6/c1-18(2)15-32(23-14-21(27(35)36)16-31(17-23)28(37)38)26(34)25-24(9-4-5-12-39-3)33(30-29-25)22-11-10-19-7-6-8-20(19)13-22/h10-11,13,18,21,23H,4-9,12,14-17H2,1-3H3,(H,35,36)(H,37,38)/t21-,23+/m1/s1. The Morgan fingerprint density at radius 2 is 1.90 bits per heavy atom. The summed E-state index contributed by atoms with van der Waals surface area (Å²) in [5.41, 5.74) is 4.42. The van der Waals surface area contributed by atoms with Gasteiger partial charge in [-0.1, -0.05) is 25.1 Å². The third kappa shape index (κ3) is 6.58. The van der Waals surface area contributed by atoms with Crippen LogP contribution in [-0.2, 0) is 28.8 Å². The third-order valence-corrected chi connectivity index (χ3v) is 7.62. The first-order valence-corrected chi connectivity index (χ1v) is 13.8. The van der Waals surface area contributed by atoms with E-state index in [-0.39, 0.29) is 37.0 Å². The third-order valence-electron chi connectivity index (χ3n) is 7.62. The van der Waals surface area contributed by atoms with Crippen LogP contribution in [0, 0.1) is 11.8 Å². The van der Waals surface area contributed by atoms with Crippen molar-refractivity contribution in [1.82, 2.24) is 24.8 Å². The van der Waals surface area contributed by atoms with E-state index in [4.69, 9.17) is 4.74 Å². The lowest BCUT2D eigenvalue weighted by atomic mass is 9.92. The number of piperidine rings is 1. The molecule has 0 bridgehead atoms. The molecule has 39 heavy (non-hydrogen) atoms. The minimum absolute atomic E-state index is 0.0553. The molecule has 1 aromatic heterocycles. The van der Waals surface area contributed by atoms with Gasteiger partial charge in [-0.05, 0) is 74.1 Å². The van der Waals surface area contributed by atoms with Crippen LogP contribution in [0.1, 0.15) is 66.8 Å². The molecule has 2 N–H and O–H groups in total. The lowest BCUT2D eigenvalue weighted by molar-refractivity contribution is -0.144. The summed E-state index contributed by atoms with van der Waals surface area (Å²) in [6.07, 6.45) is 4.34. The molecule has 11 heteroatoms. The fourth-order valence-corrected chi connectivity index (χ4v) is 5.69. The average Bonchev–Trinajstić information content (AvgIpc) is 3.55. The Balaban J connectivity index is 1.70. The highest BCUT2D eigenvalue weighted by Gasteiger charge is 2.39. The number of unbranched alkanes of at least 4 members (excludes halogenated alkanes) is 1. The first-order valence-electron chi connectivity index (χ1n) is 13.8. The van der Waals surface area contributed by atoms with Crippen molar-refractivity contribution in [2.75, 3.05) is 33.4 Å². The molecule has 1 aliphatic heterocycles. The molecule has 0 radical (unpaired) electrons. The van der Waals surface area contributed by atoms with Gasteiger partial charge in [-0.15, -0.1) is 5.10 Å². The van der Waals surface area contributed by atoms with Gasteiger partial charge in [0.1, 0.15) is 0 Å². The van der Waals surface area contributed by atoms with Gasteiger partial charge in [0, 0.05) is 33.4 Å². The number of methoxy groups -OCH3 is 1. The highest BCUT2D eigenvalue weighted by Crippen LogP contribution is 2.28. The van der Waals surface area contributed by atoms with Gasteiger partial charge >= 0.3 is 12.1 Å². The number of carbonyl (C=O) groups excluding carboxylic acids is 1. The maximum absolute atomic E-state index is 14.1. The molecule has 2 heterocycles. The number of rotatable bonds is 11. The van der Waals surface area contributed by atoms with E-state index in [0.29, 0.717) is 25.3 Å². The first-order chi connectivity index (χ1) is 18.7. The second-order valence-electron chi connectivity index (χ2n) is 11.0. The molecule has 0 spiro atoms. The van der Waals surface area contributed by atoms with Crippen LogP contribution in [-0.4, -0.2) is 92.4 Å². The fraction of sp³-hybridized carbons (Fsp3) is 0.607. The Morgan fingerprint density at radius 3 is 2.59 bits per heavy atom. The molecule has 0 saturated carbocycles. The summed E-state index contributed by atoms with van der Waals surface area (Å²) in [6, 6.07) is 5.67. The van der Waals surface area contributed by atoms with Gasteiger partial charge in [-0.2, -0.15) is 0 Å². The number of ether oxygens (including phenoxy) is 1. The van der Waals surface area contributed by atoms with Crippen molar-refractivity contribution in [3.05, 3.63) is 40.7 Å². The molecular weight excluding hydrogens is 502 g/mol. The molecule has 11 nitrogen and oxygen atoms in total. The van der Waals surface area contributed by atoms with Crippen LogP contribution < -0.4 is 0 Å². The molecule has 2 aromatic rings. The number of amides is 2. The Hall–Kier alpha value is -3.47. The minimum atomic E-state index is -1.19. The average molecular weight is 542 g/mol. The molecule has 1 aliphatic carbocycles. The Morgan fingerprint density at radius 1 is 1.13 bits per heavy atom. The van der Waals surface area contributed by atoms with Crippen molar-refractivity contribution in [3.63, 3.8) is 0 Å². The lowest BCUT2D eigenvalue weighted by Crippen LogP contribution is -2.56. The summed E-state index contributed by atoms with van der Waals surface area (Å²) in [7, 11) is 1.66. The van der Waals surface area contributed by atoms with Crippen LogP contribution in [0.5, 0.6) is 0 Å². The zero-order chi connectivity index (χ0) is 28.1. The van der Waals surface area contributed by atoms with E-state index in [1.54, 1.807) is 16.7 Å². The van der Waals surface area contributed by atoms with Crippen LogP contribution in [0.15, 0.2) is 18.2 Å². The van der Waals surface area contributed by atoms with Gasteiger partial charge in [0.15, 0.2) is 5.69 Å². The first kappa shape index (κ1) is 28.5. The van der Waals surface area contributed by atoms with E-state index in [9.17, 15) is 24.6 Å². The number of nitrogens with zero attached hydrogens (tertiary/aromatic N) is 5. The van der Waals surface area contributed by atoms with E-state index < -0.39 is 24.0 Å². The van der Waals surface area contributed by atoms with Crippen LogP contribution in [0.3, 0.4) is 0 Å². The highest BCUT2D eigenvalue weighted by atomic mass is 16.5. The summed E-state index contributed by atoms with van der Waals surface area (Å²) < 4.78 is 6.96. The molecule has 212 valence electrons. The number of aryl methyl sites for hydroxylation is 2. The molecule has 2 aliphatic rings. The zero-order valence-electron chi connectivity index (χ0n) is 23.0. The number of hydrogen-bond acceptors (Lipinski definition) is 6. The van der Waals surface area contributed by atoms with Crippen molar-refractivity contribution in [2.24, 2.45) is 11.8 Å². The summed E-state index contributed by atoms with van der Waals surface area (Å²) in [6.45, 7) is 4.86. The molecule has 2 atom stereocenters.